The average molecular weight is 238 g/mol. The van der Waals surface area contributed by atoms with Gasteiger partial charge >= 0.3 is 0 Å². The standard InChI is InChI=1S/C14H14N4/c1-18-7-3-5-11(9-18)14-12-6-2-4-10(8-15)13(12)16-17-14/h2,4-6H,3,7,9H2,1H3,(H,16,17). The summed E-state index contributed by atoms with van der Waals surface area (Å²) < 4.78 is 0. The molecule has 0 saturated heterocycles. The number of aromatic nitrogens is 2. The number of para-hydroxylation sites is 1. The molecule has 1 aliphatic rings. The zero-order valence-corrected chi connectivity index (χ0v) is 10.3. The van der Waals surface area contributed by atoms with Gasteiger partial charge in [-0.2, -0.15) is 10.4 Å². The van der Waals surface area contributed by atoms with Crippen molar-refractivity contribution in [1.82, 2.24) is 15.1 Å². The summed E-state index contributed by atoms with van der Waals surface area (Å²) in [6.07, 6.45) is 3.30. The third-order valence-electron chi connectivity index (χ3n) is 3.37. The molecule has 0 aliphatic carbocycles. The van der Waals surface area contributed by atoms with Crippen LogP contribution in [0.5, 0.6) is 0 Å². The van der Waals surface area contributed by atoms with E-state index in [1.54, 1.807) is 0 Å². The van der Waals surface area contributed by atoms with Gasteiger partial charge < -0.3 is 4.90 Å². The fourth-order valence-corrected chi connectivity index (χ4v) is 2.45. The van der Waals surface area contributed by atoms with Crippen molar-refractivity contribution in [3.8, 4) is 6.07 Å². The van der Waals surface area contributed by atoms with Crippen molar-refractivity contribution in [3.63, 3.8) is 0 Å². The van der Waals surface area contributed by atoms with Crippen molar-refractivity contribution in [2.24, 2.45) is 0 Å². The zero-order chi connectivity index (χ0) is 12.5. The van der Waals surface area contributed by atoms with Gasteiger partial charge in [0.05, 0.1) is 16.8 Å². The smallest absolute Gasteiger partial charge is 0.101 e. The van der Waals surface area contributed by atoms with Crippen LogP contribution in [0.15, 0.2) is 24.3 Å². The van der Waals surface area contributed by atoms with Crippen molar-refractivity contribution in [1.29, 1.82) is 5.26 Å². The van der Waals surface area contributed by atoms with Crippen molar-refractivity contribution in [2.45, 2.75) is 6.42 Å². The summed E-state index contributed by atoms with van der Waals surface area (Å²) in [5.41, 5.74) is 3.71. The molecule has 0 amide bonds. The normalized spacial score (nSPS) is 16.6. The van der Waals surface area contributed by atoms with Crippen LogP contribution in [0, 0.1) is 11.3 Å². The molecular weight excluding hydrogens is 224 g/mol. The Morgan fingerprint density at radius 2 is 2.33 bits per heavy atom. The van der Waals surface area contributed by atoms with Gasteiger partial charge in [-0.1, -0.05) is 18.2 Å². The van der Waals surface area contributed by atoms with Crippen molar-refractivity contribution >= 4 is 16.5 Å². The lowest BCUT2D eigenvalue weighted by atomic mass is 10.0. The average Bonchev–Trinajstić information content (AvgIpc) is 2.82. The Morgan fingerprint density at radius 3 is 3.11 bits per heavy atom. The molecule has 0 spiro atoms. The summed E-state index contributed by atoms with van der Waals surface area (Å²) >= 11 is 0. The van der Waals surface area contributed by atoms with E-state index in [1.165, 1.54) is 5.57 Å². The lowest BCUT2D eigenvalue weighted by Gasteiger charge is -2.21. The third-order valence-corrected chi connectivity index (χ3v) is 3.37. The van der Waals surface area contributed by atoms with Gasteiger partial charge in [0.25, 0.3) is 0 Å². The molecule has 4 heteroatoms. The number of nitrogens with one attached hydrogen (secondary N) is 1. The summed E-state index contributed by atoms with van der Waals surface area (Å²) in [5, 5.41) is 17.5. The van der Waals surface area contributed by atoms with Gasteiger partial charge in [-0.3, -0.25) is 5.10 Å². The van der Waals surface area contributed by atoms with Crippen LogP contribution in [0.25, 0.3) is 16.5 Å². The number of hydrogen-bond donors (Lipinski definition) is 1. The lowest BCUT2D eigenvalue weighted by Crippen LogP contribution is -2.25. The number of benzene rings is 1. The molecule has 0 saturated carbocycles. The summed E-state index contributed by atoms with van der Waals surface area (Å²) in [5.74, 6) is 0. The molecule has 0 bridgehead atoms. The van der Waals surface area contributed by atoms with E-state index in [0.717, 1.165) is 36.1 Å². The Bertz CT molecular complexity index is 660. The van der Waals surface area contributed by atoms with Crippen LogP contribution in [0.2, 0.25) is 0 Å². The maximum absolute atomic E-state index is 9.08. The molecule has 2 heterocycles. The van der Waals surface area contributed by atoms with Gasteiger partial charge in [-0.25, -0.2) is 0 Å². The maximum atomic E-state index is 9.08. The Kier molecular flexibility index (Phi) is 2.62. The van der Waals surface area contributed by atoms with Crippen LogP contribution < -0.4 is 0 Å². The topological polar surface area (TPSA) is 55.7 Å². The number of fused-ring (bicyclic) bond motifs is 1. The number of nitrogens with zero attached hydrogens (tertiary/aromatic N) is 3. The number of hydrogen-bond acceptors (Lipinski definition) is 3. The highest BCUT2D eigenvalue weighted by atomic mass is 15.1. The van der Waals surface area contributed by atoms with Gasteiger partial charge in [0.1, 0.15) is 6.07 Å². The largest absolute Gasteiger partial charge is 0.302 e. The minimum atomic E-state index is 0.649. The van der Waals surface area contributed by atoms with Gasteiger partial charge in [-0.05, 0) is 25.1 Å². The summed E-state index contributed by atoms with van der Waals surface area (Å²) in [7, 11) is 2.11. The Labute approximate surface area is 106 Å². The van der Waals surface area contributed by atoms with E-state index >= 15 is 0 Å². The minimum Gasteiger partial charge on any atom is -0.302 e. The monoisotopic (exact) mass is 238 g/mol. The number of aromatic amines is 1. The van der Waals surface area contributed by atoms with Crippen molar-refractivity contribution < 1.29 is 0 Å². The van der Waals surface area contributed by atoms with Crippen LogP contribution >= 0.6 is 0 Å². The lowest BCUT2D eigenvalue weighted by molar-refractivity contribution is 0.372. The molecule has 0 atom stereocenters. The van der Waals surface area contributed by atoms with E-state index in [-0.39, 0.29) is 0 Å². The highest BCUT2D eigenvalue weighted by Gasteiger charge is 2.16. The molecule has 0 unspecified atom stereocenters. The first-order valence-electron chi connectivity index (χ1n) is 6.04. The summed E-state index contributed by atoms with van der Waals surface area (Å²) in [4.78, 5) is 2.28. The second kappa shape index (κ2) is 4.28. The predicted octanol–water partition coefficient (Wildman–Crippen LogP) is 2.15. The second-order valence-electron chi connectivity index (χ2n) is 4.67. The van der Waals surface area contributed by atoms with Crippen molar-refractivity contribution in [2.75, 3.05) is 20.1 Å². The first-order chi connectivity index (χ1) is 8.79. The van der Waals surface area contributed by atoms with Crippen LogP contribution in [0.1, 0.15) is 17.7 Å². The first kappa shape index (κ1) is 11.0. The third kappa shape index (κ3) is 1.69. The van der Waals surface area contributed by atoms with E-state index < -0.39 is 0 Å². The molecule has 90 valence electrons. The van der Waals surface area contributed by atoms with E-state index in [0.29, 0.717) is 5.56 Å². The number of nitriles is 1. The molecule has 1 aliphatic heterocycles. The zero-order valence-electron chi connectivity index (χ0n) is 10.3. The molecule has 2 aromatic rings. The summed E-state index contributed by atoms with van der Waals surface area (Å²) in [6, 6.07) is 7.93. The molecule has 18 heavy (non-hydrogen) atoms. The predicted molar refractivity (Wildman–Crippen MR) is 70.9 cm³/mol. The summed E-state index contributed by atoms with van der Waals surface area (Å²) in [6.45, 7) is 2.01. The number of likely N-dealkylation sites (N-methyl/N-ethyl adjacent to an activating group) is 1. The van der Waals surface area contributed by atoms with Gasteiger partial charge in [0, 0.05) is 18.5 Å². The first-order valence-corrected chi connectivity index (χ1v) is 6.04. The van der Waals surface area contributed by atoms with E-state index in [1.807, 2.05) is 18.2 Å². The van der Waals surface area contributed by atoms with E-state index in [9.17, 15) is 0 Å². The molecule has 0 radical (unpaired) electrons. The highest BCUT2D eigenvalue weighted by Crippen LogP contribution is 2.27. The van der Waals surface area contributed by atoms with Crippen LogP contribution in [-0.4, -0.2) is 35.2 Å². The molecule has 3 rings (SSSR count). The van der Waals surface area contributed by atoms with Crippen LogP contribution in [-0.2, 0) is 0 Å². The van der Waals surface area contributed by atoms with E-state index in [4.69, 9.17) is 5.26 Å². The Morgan fingerprint density at radius 1 is 1.44 bits per heavy atom. The fourth-order valence-electron chi connectivity index (χ4n) is 2.45. The Hall–Kier alpha value is -2.12. The molecule has 4 nitrogen and oxygen atoms in total. The van der Waals surface area contributed by atoms with Crippen molar-refractivity contribution in [3.05, 3.63) is 35.5 Å². The Balaban J connectivity index is 2.14. The maximum Gasteiger partial charge on any atom is 0.101 e. The number of rotatable bonds is 1. The number of H-pyrrole nitrogens is 1. The molecule has 1 aromatic carbocycles. The highest BCUT2D eigenvalue weighted by molar-refractivity contribution is 5.93. The van der Waals surface area contributed by atoms with Gasteiger partial charge in [0.2, 0.25) is 0 Å². The fraction of sp³-hybridized carbons (Fsp3) is 0.286. The van der Waals surface area contributed by atoms with Gasteiger partial charge in [0.15, 0.2) is 0 Å². The second-order valence-corrected chi connectivity index (χ2v) is 4.67. The quantitative estimate of drug-likeness (QED) is 0.828. The van der Waals surface area contributed by atoms with E-state index in [2.05, 4.69) is 34.3 Å². The van der Waals surface area contributed by atoms with Crippen LogP contribution in [0.3, 0.4) is 0 Å². The SMILES string of the molecule is CN1CCC=C(c2n[nH]c3c(C#N)cccc23)C1. The molecule has 1 N–H and O–H groups in total. The van der Waals surface area contributed by atoms with Gasteiger partial charge in [-0.15, -0.1) is 0 Å². The molecular formula is C14H14N4. The molecule has 0 fully saturated rings. The van der Waals surface area contributed by atoms with Crippen LogP contribution in [0.4, 0.5) is 0 Å². The molecule has 1 aromatic heterocycles. The minimum absolute atomic E-state index is 0.649.